The molecule has 0 aromatic rings. The van der Waals surface area contributed by atoms with Crippen LogP contribution in [0.15, 0.2) is 0 Å². The second-order valence-electron chi connectivity index (χ2n) is 6.46. The Morgan fingerprint density at radius 1 is 1.22 bits per heavy atom. The van der Waals surface area contributed by atoms with Crippen LogP contribution in [0.5, 0.6) is 0 Å². The second-order valence-corrected chi connectivity index (χ2v) is 11.3. The minimum atomic E-state index is -1.86. The third-order valence-electron chi connectivity index (χ3n) is 3.75. The van der Waals surface area contributed by atoms with E-state index < -0.39 is 26.5 Å². The Kier molecular flexibility index (Phi) is 4.63. The van der Waals surface area contributed by atoms with Crippen LogP contribution in [0.3, 0.4) is 0 Å². The normalized spacial score (nSPS) is 34.0. The van der Waals surface area contributed by atoms with Gasteiger partial charge >= 0.3 is 0 Å². The predicted molar refractivity (Wildman–Crippen MR) is 70.6 cm³/mol. The summed E-state index contributed by atoms with van der Waals surface area (Å²) in [5.74, 6) is -1.63. The quantitative estimate of drug-likeness (QED) is 0.762. The molecule has 2 N–H and O–H groups in total. The highest BCUT2D eigenvalue weighted by atomic mass is 28.4. The molecule has 18 heavy (non-hydrogen) atoms. The molecule has 3 atom stereocenters. The van der Waals surface area contributed by atoms with Gasteiger partial charge in [-0.05, 0) is 18.1 Å². The summed E-state index contributed by atoms with van der Waals surface area (Å²) in [5, 5.41) is 19.0. The van der Waals surface area contributed by atoms with Gasteiger partial charge in [0.1, 0.15) is 12.2 Å². The average Bonchev–Trinajstić information content (AvgIpc) is 2.48. The van der Waals surface area contributed by atoms with Gasteiger partial charge in [-0.3, -0.25) is 0 Å². The molecule has 0 radical (unpaired) electrons. The Morgan fingerprint density at radius 3 is 2.17 bits per heavy atom. The maximum Gasteiger partial charge on any atom is 0.278 e. The van der Waals surface area contributed by atoms with E-state index in [1.165, 1.54) is 6.92 Å². The fourth-order valence-corrected chi connectivity index (χ4v) is 2.56. The largest absolute Gasteiger partial charge is 0.414 e. The van der Waals surface area contributed by atoms with E-state index in [9.17, 15) is 10.2 Å². The van der Waals surface area contributed by atoms with Crippen molar-refractivity contribution in [2.45, 2.75) is 64.0 Å². The summed E-state index contributed by atoms with van der Waals surface area (Å²) in [6.45, 7) is 12.3. The lowest BCUT2D eigenvalue weighted by Crippen LogP contribution is -2.44. The van der Waals surface area contributed by atoms with Gasteiger partial charge in [0.25, 0.3) is 5.97 Å². The Hall–Kier alpha value is 0.0169. The van der Waals surface area contributed by atoms with E-state index in [0.29, 0.717) is 6.61 Å². The van der Waals surface area contributed by atoms with Gasteiger partial charge in [-0.15, -0.1) is 0 Å². The number of ether oxygens (including phenoxy) is 2. The summed E-state index contributed by atoms with van der Waals surface area (Å²) in [5.41, 5.74) is 0. The highest BCUT2D eigenvalue weighted by Gasteiger charge is 2.45. The first-order chi connectivity index (χ1) is 7.98. The van der Waals surface area contributed by atoms with Crippen molar-refractivity contribution in [2.75, 3.05) is 13.2 Å². The minimum absolute atomic E-state index is 0.115. The number of hydrogen-bond acceptors (Lipinski definition) is 5. The first kappa shape index (κ1) is 16.1. The van der Waals surface area contributed by atoms with E-state index in [2.05, 4.69) is 33.9 Å². The SMILES string of the molecule is CC1(O)O[C@H](CO)[C@@H](CO[Si](C)(C)C(C)(C)C)O1. The second kappa shape index (κ2) is 5.18. The van der Waals surface area contributed by atoms with Gasteiger partial charge in [0, 0.05) is 6.92 Å². The molecule has 0 saturated carbocycles. The average molecular weight is 278 g/mol. The van der Waals surface area contributed by atoms with Crippen LogP contribution in [-0.4, -0.2) is 49.9 Å². The molecule has 0 aromatic carbocycles. The standard InChI is InChI=1S/C12H26O5Si/c1-11(2,3)18(5,6)15-8-10-9(7-13)16-12(4,14)17-10/h9-10,13-14H,7-8H2,1-6H3/t9-,10-,12?/m1/s1. The Morgan fingerprint density at radius 2 is 1.72 bits per heavy atom. The van der Waals surface area contributed by atoms with E-state index >= 15 is 0 Å². The molecule has 0 aliphatic carbocycles. The van der Waals surface area contributed by atoms with E-state index in [0.717, 1.165) is 0 Å². The minimum Gasteiger partial charge on any atom is -0.414 e. The van der Waals surface area contributed by atoms with Crippen molar-refractivity contribution in [1.82, 2.24) is 0 Å². The lowest BCUT2D eigenvalue weighted by molar-refractivity contribution is -0.305. The lowest BCUT2D eigenvalue weighted by atomic mass is 10.2. The van der Waals surface area contributed by atoms with E-state index in [-0.39, 0.29) is 11.6 Å². The maximum atomic E-state index is 9.66. The van der Waals surface area contributed by atoms with Crippen molar-refractivity contribution < 1.29 is 24.1 Å². The van der Waals surface area contributed by atoms with E-state index in [1.54, 1.807) is 0 Å². The molecule has 1 fully saturated rings. The summed E-state index contributed by atoms with van der Waals surface area (Å²) >= 11 is 0. The molecule has 0 bridgehead atoms. The first-order valence-corrected chi connectivity index (χ1v) is 9.22. The van der Waals surface area contributed by atoms with Gasteiger partial charge in [-0.1, -0.05) is 20.8 Å². The molecule has 5 nitrogen and oxygen atoms in total. The van der Waals surface area contributed by atoms with Crippen LogP contribution in [0, 0.1) is 0 Å². The third kappa shape index (κ3) is 3.75. The molecule has 1 aliphatic rings. The predicted octanol–water partition coefficient (Wildman–Crippen LogP) is 1.45. The van der Waals surface area contributed by atoms with Crippen molar-refractivity contribution in [1.29, 1.82) is 0 Å². The maximum absolute atomic E-state index is 9.66. The molecule has 6 heteroatoms. The molecule has 0 aromatic heterocycles. The molecule has 0 spiro atoms. The van der Waals surface area contributed by atoms with Gasteiger partial charge in [0.05, 0.1) is 13.2 Å². The summed E-state index contributed by atoms with van der Waals surface area (Å²) in [6, 6.07) is 0. The van der Waals surface area contributed by atoms with Crippen LogP contribution in [0.2, 0.25) is 18.1 Å². The first-order valence-electron chi connectivity index (χ1n) is 6.31. The van der Waals surface area contributed by atoms with Gasteiger partial charge < -0.3 is 24.1 Å². The monoisotopic (exact) mass is 278 g/mol. The van der Waals surface area contributed by atoms with E-state index in [1.807, 2.05) is 0 Å². The van der Waals surface area contributed by atoms with Crippen molar-refractivity contribution >= 4 is 8.32 Å². The molecule has 1 aliphatic heterocycles. The van der Waals surface area contributed by atoms with Crippen LogP contribution in [0.4, 0.5) is 0 Å². The summed E-state index contributed by atoms with van der Waals surface area (Å²) < 4.78 is 16.5. The third-order valence-corrected chi connectivity index (χ3v) is 8.25. The number of rotatable bonds is 4. The van der Waals surface area contributed by atoms with Crippen LogP contribution >= 0.6 is 0 Å². The summed E-state index contributed by atoms with van der Waals surface area (Å²) in [6.07, 6.45) is -0.969. The Balaban J connectivity index is 2.58. The molecule has 1 rings (SSSR count). The summed E-state index contributed by atoms with van der Waals surface area (Å²) in [7, 11) is -1.86. The molecule has 1 unspecified atom stereocenters. The smallest absolute Gasteiger partial charge is 0.278 e. The van der Waals surface area contributed by atoms with Crippen LogP contribution in [0.25, 0.3) is 0 Å². The number of hydrogen-bond donors (Lipinski definition) is 2. The van der Waals surface area contributed by atoms with Gasteiger partial charge in [-0.25, -0.2) is 0 Å². The zero-order chi connectivity index (χ0) is 14.2. The van der Waals surface area contributed by atoms with E-state index in [4.69, 9.17) is 13.9 Å². The lowest BCUT2D eigenvalue weighted by Gasteiger charge is -2.37. The molecule has 1 heterocycles. The van der Waals surface area contributed by atoms with Gasteiger partial charge in [-0.2, -0.15) is 0 Å². The molecule has 108 valence electrons. The molecule has 0 amide bonds. The van der Waals surface area contributed by atoms with Crippen LogP contribution in [0.1, 0.15) is 27.7 Å². The van der Waals surface area contributed by atoms with Crippen molar-refractivity contribution in [2.24, 2.45) is 0 Å². The van der Waals surface area contributed by atoms with Crippen molar-refractivity contribution in [3.63, 3.8) is 0 Å². The fourth-order valence-electron chi connectivity index (χ4n) is 1.54. The zero-order valence-electron chi connectivity index (χ0n) is 12.2. The fraction of sp³-hybridized carbons (Fsp3) is 1.00. The molecular weight excluding hydrogens is 252 g/mol. The van der Waals surface area contributed by atoms with Crippen LogP contribution < -0.4 is 0 Å². The number of aliphatic hydroxyl groups excluding tert-OH is 1. The number of aliphatic hydroxyl groups is 2. The van der Waals surface area contributed by atoms with Crippen molar-refractivity contribution in [3.05, 3.63) is 0 Å². The van der Waals surface area contributed by atoms with Gasteiger partial charge in [0.2, 0.25) is 0 Å². The topological polar surface area (TPSA) is 68.2 Å². The molecular formula is C12H26O5Si. The highest BCUT2D eigenvalue weighted by Crippen LogP contribution is 2.37. The Labute approximate surface area is 110 Å². The van der Waals surface area contributed by atoms with Gasteiger partial charge in [0.15, 0.2) is 8.32 Å². The highest BCUT2D eigenvalue weighted by molar-refractivity contribution is 6.74. The summed E-state index contributed by atoms with van der Waals surface area (Å²) in [4.78, 5) is 0. The van der Waals surface area contributed by atoms with Crippen molar-refractivity contribution in [3.8, 4) is 0 Å². The molecule has 1 saturated heterocycles. The Bertz CT molecular complexity index is 285. The zero-order valence-corrected chi connectivity index (χ0v) is 13.2. The van der Waals surface area contributed by atoms with Crippen LogP contribution in [-0.2, 0) is 13.9 Å².